The summed E-state index contributed by atoms with van der Waals surface area (Å²) < 4.78 is 2.13. The molecule has 0 saturated carbocycles. The van der Waals surface area contributed by atoms with Crippen LogP contribution in [0.3, 0.4) is 0 Å². The summed E-state index contributed by atoms with van der Waals surface area (Å²) in [5, 5.41) is 5.26. The zero-order valence-electron chi connectivity index (χ0n) is 13.2. The van der Waals surface area contributed by atoms with Crippen LogP contribution in [0, 0.1) is 0 Å². The highest BCUT2D eigenvalue weighted by molar-refractivity contribution is 8.00. The number of hydrogen-bond donors (Lipinski definition) is 1. The Hall–Kier alpha value is -2.05. The summed E-state index contributed by atoms with van der Waals surface area (Å²) in [5.41, 5.74) is 0.819. The Bertz CT molecular complexity index is 724. The van der Waals surface area contributed by atoms with Crippen molar-refractivity contribution in [1.29, 1.82) is 0 Å². The molecule has 1 unspecified atom stereocenters. The third-order valence-electron chi connectivity index (χ3n) is 3.65. The van der Waals surface area contributed by atoms with Gasteiger partial charge >= 0.3 is 0 Å². The molecule has 0 aliphatic carbocycles. The summed E-state index contributed by atoms with van der Waals surface area (Å²) in [6.07, 6.45) is 8.60. The Morgan fingerprint density at radius 1 is 1.29 bits per heavy atom. The molecule has 3 rings (SSSR count). The van der Waals surface area contributed by atoms with Gasteiger partial charge in [0.2, 0.25) is 6.41 Å². The molecule has 6 heteroatoms. The number of thioether (sulfide) groups is 1. The lowest BCUT2D eigenvalue weighted by atomic mass is 10.2. The lowest BCUT2D eigenvalue weighted by Crippen LogP contribution is -2.13. The van der Waals surface area contributed by atoms with Gasteiger partial charge in [-0.25, -0.2) is 4.98 Å². The molecule has 0 aliphatic heterocycles. The highest BCUT2D eigenvalue weighted by atomic mass is 32.2. The second-order valence-electron chi connectivity index (χ2n) is 5.40. The number of imidazole rings is 1. The number of anilines is 1. The van der Waals surface area contributed by atoms with Gasteiger partial charge in [-0.1, -0.05) is 6.07 Å². The fraction of sp³-hybridized carbons (Fsp3) is 0.222. The van der Waals surface area contributed by atoms with Gasteiger partial charge in [0.25, 0.3) is 0 Å². The van der Waals surface area contributed by atoms with E-state index in [1.807, 2.05) is 54.0 Å². The number of carbonyl (C=O) groups excluding carboxylic acids is 1. The first-order chi connectivity index (χ1) is 11.8. The summed E-state index contributed by atoms with van der Waals surface area (Å²) in [4.78, 5) is 17.3. The van der Waals surface area contributed by atoms with Gasteiger partial charge in [-0.15, -0.1) is 23.1 Å². The van der Waals surface area contributed by atoms with Crippen molar-refractivity contribution in [2.75, 3.05) is 5.32 Å². The molecule has 1 atom stereocenters. The van der Waals surface area contributed by atoms with Crippen LogP contribution in [-0.4, -0.2) is 21.2 Å². The number of benzene rings is 1. The van der Waals surface area contributed by atoms with Crippen LogP contribution in [0.4, 0.5) is 5.69 Å². The van der Waals surface area contributed by atoms with Gasteiger partial charge in [-0.2, -0.15) is 0 Å². The fourth-order valence-corrected chi connectivity index (χ4v) is 4.35. The zero-order chi connectivity index (χ0) is 16.6. The summed E-state index contributed by atoms with van der Waals surface area (Å²) in [6.45, 7) is 0.935. The van der Waals surface area contributed by atoms with E-state index >= 15 is 0 Å². The van der Waals surface area contributed by atoms with Crippen molar-refractivity contribution in [3.8, 4) is 0 Å². The molecule has 0 saturated heterocycles. The zero-order valence-corrected chi connectivity index (χ0v) is 14.8. The highest BCUT2D eigenvalue weighted by Gasteiger charge is 2.12. The number of aryl methyl sites for hydroxylation is 1. The van der Waals surface area contributed by atoms with E-state index < -0.39 is 0 Å². The van der Waals surface area contributed by atoms with Crippen molar-refractivity contribution in [2.24, 2.45) is 0 Å². The van der Waals surface area contributed by atoms with Crippen molar-refractivity contribution in [2.45, 2.75) is 29.5 Å². The maximum absolute atomic E-state index is 10.5. The van der Waals surface area contributed by atoms with E-state index in [0.29, 0.717) is 11.7 Å². The average Bonchev–Trinajstić information content (AvgIpc) is 3.28. The first-order valence-electron chi connectivity index (χ1n) is 7.78. The van der Waals surface area contributed by atoms with Gasteiger partial charge in [-0.3, -0.25) is 4.79 Å². The Morgan fingerprint density at radius 2 is 2.17 bits per heavy atom. The number of nitrogens with one attached hydrogen (secondary N) is 1. The normalized spacial score (nSPS) is 12.0. The number of thiophene rings is 1. The molecule has 3 aromatic rings. The molecule has 0 bridgehead atoms. The first kappa shape index (κ1) is 16.8. The smallest absolute Gasteiger partial charge is 0.211 e. The number of amides is 1. The molecule has 0 radical (unpaired) electrons. The molecule has 124 valence electrons. The van der Waals surface area contributed by atoms with E-state index in [1.165, 1.54) is 9.77 Å². The predicted octanol–water partition coefficient (Wildman–Crippen LogP) is 4.31. The van der Waals surface area contributed by atoms with Gasteiger partial charge in [0.15, 0.2) is 0 Å². The first-order valence-corrected chi connectivity index (χ1v) is 9.54. The number of carbonyl (C=O) groups is 1. The second-order valence-corrected chi connectivity index (χ2v) is 7.81. The standard InChI is InChI=1S/C18H19N3OS2/c22-14-20-15-3-5-17(6-4-15)24-18(12-21-10-9-19-13-21)8-7-16-2-1-11-23-16/h1-6,9-11,13-14,18H,7-8,12H2,(H,20,22). The maximum atomic E-state index is 10.5. The molecule has 0 fully saturated rings. The number of rotatable bonds is 9. The number of aromatic nitrogens is 2. The van der Waals surface area contributed by atoms with Crippen molar-refractivity contribution < 1.29 is 4.79 Å². The van der Waals surface area contributed by atoms with Crippen LogP contribution in [-0.2, 0) is 17.8 Å². The van der Waals surface area contributed by atoms with Gasteiger partial charge in [0, 0.05) is 39.6 Å². The minimum absolute atomic E-state index is 0.464. The van der Waals surface area contributed by atoms with Crippen LogP contribution >= 0.6 is 23.1 Å². The fourth-order valence-electron chi connectivity index (χ4n) is 2.47. The summed E-state index contributed by atoms with van der Waals surface area (Å²) in [6, 6.07) is 12.3. The van der Waals surface area contributed by atoms with Gasteiger partial charge in [0.1, 0.15) is 0 Å². The minimum Gasteiger partial charge on any atom is -0.336 e. The molecule has 2 aromatic heterocycles. The van der Waals surface area contributed by atoms with Crippen LogP contribution in [0.1, 0.15) is 11.3 Å². The molecular weight excluding hydrogens is 338 g/mol. The van der Waals surface area contributed by atoms with E-state index in [1.54, 1.807) is 0 Å². The second kappa shape index (κ2) is 8.70. The Labute approximate surface area is 149 Å². The summed E-state index contributed by atoms with van der Waals surface area (Å²) in [7, 11) is 0. The molecule has 1 aromatic carbocycles. The minimum atomic E-state index is 0.464. The van der Waals surface area contributed by atoms with Crippen molar-refractivity contribution in [3.05, 3.63) is 65.4 Å². The number of nitrogens with zero attached hydrogens (tertiary/aromatic N) is 2. The van der Waals surface area contributed by atoms with Crippen LogP contribution in [0.15, 0.2) is 65.4 Å². The SMILES string of the molecule is O=CNc1ccc(SC(CCc2cccs2)Cn2ccnc2)cc1. The Balaban J connectivity index is 1.64. The summed E-state index contributed by atoms with van der Waals surface area (Å²) >= 11 is 3.69. The van der Waals surface area contributed by atoms with Crippen molar-refractivity contribution in [1.82, 2.24) is 9.55 Å². The topological polar surface area (TPSA) is 46.9 Å². The van der Waals surface area contributed by atoms with E-state index in [0.717, 1.165) is 25.1 Å². The van der Waals surface area contributed by atoms with E-state index in [-0.39, 0.29) is 0 Å². The quantitative estimate of drug-likeness (QED) is 0.459. The molecule has 24 heavy (non-hydrogen) atoms. The largest absolute Gasteiger partial charge is 0.336 e. The molecule has 1 N–H and O–H groups in total. The molecule has 0 aliphatic rings. The maximum Gasteiger partial charge on any atom is 0.211 e. The molecule has 2 heterocycles. The molecule has 4 nitrogen and oxygen atoms in total. The van der Waals surface area contributed by atoms with Crippen LogP contribution in [0.25, 0.3) is 0 Å². The van der Waals surface area contributed by atoms with Gasteiger partial charge in [0.05, 0.1) is 6.33 Å². The van der Waals surface area contributed by atoms with E-state index in [9.17, 15) is 4.79 Å². The highest BCUT2D eigenvalue weighted by Crippen LogP contribution is 2.29. The molecule has 0 spiro atoms. The van der Waals surface area contributed by atoms with E-state index in [4.69, 9.17) is 0 Å². The molecular formula is C18H19N3OS2. The van der Waals surface area contributed by atoms with Crippen LogP contribution < -0.4 is 5.32 Å². The monoisotopic (exact) mass is 357 g/mol. The van der Waals surface area contributed by atoms with Crippen LogP contribution in [0.2, 0.25) is 0 Å². The Morgan fingerprint density at radius 3 is 2.83 bits per heavy atom. The van der Waals surface area contributed by atoms with Crippen LogP contribution in [0.5, 0.6) is 0 Å². The predicted molar refractivity (Wildman–Crippen MR) is 101 cm³/mol. The number of hydrogen-bond acceptors (Lipinski definition) is 4. The summed E-state index contributed by atoms with van der Waals surface area (Å²) in [5.74, 6) is 0. The van der Waals surface area contributed by atoms with Crippen molar-refractivity contribution >= 4 is 35.2 Å². The van der Waals surface area contributed by atoms with Gasteiger partial charge < -0.3 is 9.88 Å². The van der Waals surface area contributed by atoms with Crippen molar-refractivity contribution in [3.63, 3.8) is 0 Å². The third kappa shape index (κ3) is 4.97. The third-order valence-corrected chi connectivity index (χ3v) is 5.85. The average molecular weight is 358 g/mol. The lowest BCUT2D eigenvalue weighted by molar-refractivity contribution is -0.105. The molecule has 1 amide bonds. The Kier molecular flexibility index (Phi) is 6.09. The van der Waals surface area contributed by atoms with Gasteiger partial charge in [-0.05, 0) is 48.6 Å². The van der Waals surface area contributed by atoms with E-state index in [2.05, 4.69) is 44.5 Å². The lowest BCUT2D eigenvalue weighted by Gasteiger charge is -2.17.